The number of aromatic nitrogens is 2. The van der Waals surface area contributed by atoms with Crippen molar-refractivity contribution >= 4 is 35.5 Å². The standard InChI is InChI=1S/2C27H27F3N2O3/c2*1-15-25-22(23-13-21(32-34)8-5-17(23)12-24(25)26(33)35-15)10-9-20-7-6-18(14-31-20)16-3-2-4-19(11-16)27(28,29)30/h2*2-4,6-7,9-11,14-15,17,22-25,34H,5,8,12-13H2,1H3/b10-9+,32-21+;10-9+,32-21-/t2*15-,17?,22+,23?,24?,25?/m11/s1. The Morgan fingerprint density at radius 2 is 1.01 bits per heavy atom. The van der Waals surface area contributed by atoms with Crippen molar-refractivity contribution in [2.75, 3.05) is 0 Å². The van der Waals surface area contributed by atoms with Gasteiger partial charge >= 0.3 is 24.3 Å². The highest BCUT2D eigenvalue weighted by molar-refractivity contribution is 5.86. The summed E-state index contributed by atoms with van der Waals surface area (Å²) < 4.78 is 89.6. The van der Waals surface area contributed by atoms with Crippen molar-refractivity contribution in [3.63, 3.8) is 0 Å². The number of nitrogens with zero attached hydrogens (tertiary/aromatic N) is 4. The molecule has 2 aromatic heterocycles. The number of carbonyl (C=O) groups is 2. The highest BCUT2D eigenvalue weighted by Crippen LogP contribution is 2.55. The van der Waals surface area contributed by atoms with E-state index >= 15 is 0 Å². The minimum Gasteiger partial charge on any atom is -0.462 e. The molecule has 0 bridgehead atoms. The lowest BCUT2D eigenvalue weighted by Gasteiger charge is -2.45. The first-order chi connectivity index (χ1) is 33.5. The average Bonchev–Trinajstić information content (AvgIpc) is 3.81. The zero-order valence-corrected chi connectivity index (χ0v) is 38.6. The van der Waals surface area contributed by atoms with E-state index in [1.807, 2.05) is 26.0 Å². The van der Waals surface area contributed by atoms with Gasteiger partial charge in [-0.05, 0) is 160 Å². The number of carbonyl (C=O) groups excluding carboxylic acids is 2. The van der Waals surface area contributed by atoms with E-state index < -0.39 is 23.5 Å². The molecule has 4 aromatic rings. The number of pyridine rings is 2. The Morgan fingerprint density at radius 1 is 0.600 bits per heavy atom. The van der Waals surface area contributed by atoms with Gasteiger partial charge in [0.05, 0.1) is 45.8 Å². The van der Waals surface area contributed by atoms with Crippen LogP contribution >= 0.6 is 0 Å². The van der Waals surface area contributed by atoms with Crippen LogP contribution in [0.3, 0.4) is 0 Å². The van der Waals surface area contributed by atoms with Gasteiger partial charge in [-0.15, -0.1) is 0 Å². The third kappa shape index (κ3) is 10.1. The Hall–Kier alpha value is -6.32. The third-order valence-electron chi connectivity index (χ3n) is 15.9. The van der Waals surface area contributed by atoms with Crippen LogP contribution in [0.1, 0.15) is 87.7 Å². The molecule has 2 N–H and O–H groups in total. The molecule has 4 saturated carbocycles. The molecule has 2 aliphatic heterocycles. The molecular formula is C54H54F6N4O6. The van der Waals surface area contributed by atoms with Gasteiger partial charge in [0, 0.05) is 35.4 Å². The summed E-state index contributed by atoms with van der Waals surface area (Å²) in [5.41, 5.74) is 3.68. The molecule has 10 nitrogen and oxygen atoms in total. The maximum Gasteiger partial charge on any atom is 0.416 e. The number of alkyl halides is 6. The lowest BCUT2D eigenvalue weighted by molar-refractivity contribution is -0.145. The van der Waals surface area contributed by atoms with E-state index in [4.69, 9.17) is 9.47 Å². The van der Waals surface area contributed by atoms with Crippen molar-refractivity contribution in [3.8, 4) is 22.3 Å². The second-order valence-corrected chi connectivity index (χ2v) is 19.8. The summed E-state index contributed by atoms with van der Waals surface area (Å²) in [5, 5.41) is 25.7. The summed E-state index contributed by atoms with van der Waals surface area (Å²) in [5.74, 6) is 1.02. The number of benzene rings is 2. The molecular weight excluding hydrogens is 915 g/mol. The summed E-state index contributed by atoms with van der Waals surface area (Å²) in [6.45, 7) is 3.88. The highest BCUT2D eigenvalue weighted by Gasteiger charge is 2.56. The number of fused-ring (bicyclic) bond motifs is 4. The molecule has 12 atom stereocenters. The van der Waals surface area contributed by atoms with Crippen molar-refractivity contribution in [2.45, 2.75) is 89.8 Å². The van der Waals surface area contributed by atoms with Crippen LogP contribution in [-0.4, -0.2) is 56.0 Å². The molecule has 16 heteroatoms. The quantitative estimate of drug-likeness (QED) is 0.0841. The largest absolute Gasteiger partial charge is 0.462 e. The molecule has 2 aromatic carbocycles. The Labute approximate surface area is 401 Å². The normalized spacial score (nSPS) is 31.9. The summed E-state index contributed by atoms with van der Waals surface area (Å²) in [6, 6.07) is 17.5. The van der Waals surface area contributed by atoms with E-state index in [-0.39, 0.29) is 71.5 Å². The van der Waals surface area contributed by atoms with Crippen molar-refractivity contribution in [1.29, 1.82) is 0 Å². The van der Waals surface area contributed by atoms with Gasteiger partial charge in [0.1, 0.15) is 12.2 Å². The molecule has 0 radical (unpaired) electrons. The fourth-order valence-corrected chi connectivity index (χ4v) is 12.5. The summed E-state index contributed by atoms with van der Waals surface area (Å²) in [7, 11) is 0. The number of halogens is 6. The van der Waals surface area contributed by atoms with Crippen LogP contribution in [0.4, 0.5) is 26.3 Å². The maximum absolute atomic E-state index is 13.1. The van der Waals surface area contributed by atoms with E-state index in [0.717, 1.165) is 74.2 Å². The SMILES string of the molecule is C[C@H]1OC(=O)C2CC3CC/C(=N/O)CC3[C@H](/C=C/c3ccc(-c4cccc(C(F)(F)F)c4)cn3)C21.C[C@H]1OC(=O)C2CC3CC/C(=N\O)CC3[C@H](/C=C/c3ccc(-c4cccc(C(F)(F)F)c4)cn3)C21. The molecule has 4 aliphatic carbocycles. The Morgan fingerprint density at radius 3 is 1.37 bits per heavy atom. The summed E-state index contributed by atoms with van der Waals surface area (Å²) >= 11 is 0. The molecule has 70 heavy (non-hydrogen) atoms. The topological polar surface area (TPSA) is 144 Å². The van der Waals surface area contributed by atoms with Gasteiger partial charge in [0.15, 0.2) is 0 Å². The molecule has 0 amide bonds. The van der Waals surface area contributed by atoms with Gasteiger partial charge in [-0.25, -0.2) is 0 Å². The molecule has 6 fully saturated rings. The number of oxime groups is 2. The van der Waals surface area contributed by atoms with Crippen LogP contribution in [0.25, 0.3) is 34.4 Å². The van der Waals surface area contributed by atoms with Crippen LogP contribution in [0, 0.1) is 59.2 Å². The van der Waals surface area contributed by atoms with Gasteiger partial charge in [-0.2, -0.15) is 26.3 Å². The van der Waals surface area contributed by atoms with Crippen LogP contribution in [0.15, 0.2) is 108 Å². The van der Waals surface area contributed by atoms with Crippen molar-refractivity contribution in [1.82, 2.24) is 9.97 Å². The van der Waals surface area contributed by atoms with E-state index in [0.29, 0.717) is 58.3 Å². The molecule has 0 spiro atoms. The minimum absolute atomic E-state index is 0.0578. The number of hydrogen-bond acceptors (Lipinski definition) is 10. The van der Waals surface area contributed by atoms with Crippen molar-refractivity contribution in [2.24, 2.45) is 69.5 Å². The lowest BCUT2D eigenvalue weighted by atomic mass is 9.57. The maximum atomic E-state index is 13.1. The average molecular weight is 969 g/mol. The first-order valence-corrected chi connectivity index (χ1v) is 23.9. The predicted octanol–water partition coefficient (Wildman–Crippen LogP) is 12.4. The number of hydrogen-bond donors (Lipinski definition) is 2. The fourth-order valence-electron chi connectivity index (χ4n) is 12.5. The number of allylic oxidation sites excluding steroid dienone is 2. The first kappa shape index (κ1) is 48.7. The van der Waals surface area contributed by atoms with Crippen LogP contribution < -0.4 is 0 Å². The zero-order valence-electron chi connectivity index (χ0n) is 38.6. The summed E-state index contributed by atoms with van der Waals surface area (Å²) in [6.07, 6.45) is 8.30. The predicted molar refractivity (Wildman–Crippen MR) is 249 cm³/mol. The fraction of sp³-hybridized carbons (Fsp3) is 0.444. The molecule has 8 unspecified atom stereocenters. The zero-order chi connectivity index (χ0) is 49.5. The molecule has 10 rings (SSSR count). The van der Waals surface area contributed by atoms with Gasteiger partial charge < -0.3 is 19.9 Å². The molecule has 4 heterocycles. The van der Waals surface area contributed by atoms with E-state index in [1.54, 1.807) is 48.8 Å². The van der Waals surface area contributed by atoms with Gasteiger partial charge in [0.2, 0.25) is 0 Å². The Bertz CT molecular complexity index is 2500. The van der Waals surface area contributed by atoms with Crippen LogP contribution in [0.5, 0.6) is 0 Å². The minimum atomic E-state index is -4.40. The first-order valence-electron chi connectivity index (χ1n) is 23.9. The highest BCUT2D eigenvalue weighted by atomic mass is 19.4. The summed E-state index contributed by atoms with van der Waals surface area (Å²) in [4.78, 5) is 33.9. The van der Waals surface area contributed by atoms with Gasteiger partial charge in [0.25, 0.3) is 0 Å². The lowest BCUT2D eigenvalue weighted by Crippen LogP contribution is -2.44. The smallest absolute Gasteiger partial charge is 0.416 e. The molecule has 2 saturated heterocycles. The number of esters is 2. The van der Waals surface area contributed by atoms with Crippen molar-refractivity contribution in [3.05, 3.63) is 120 Å². The Balaban J connectivity index is 0.000000174. The number of cyclic esters (lactones) is 2. The Kier molecular flexibility index (Phi) is 13.8. The number of ether oxygens (including phenoxy) is 2. The molecule has 368 valence electrons. The van der Waals surface area contributed by atoms with Crippen LogP contribution in [-0.2, 0) is 31.4 Å². The van der Waals surface area contributed by atoms with Gasteiger partial charge in [-0.3, -0.25) is 19.6 Å². The monoisotopic (exact) mass is 968 g/mol. The second kappa shape index (κ2) is 19.8. The third-order valence-corrected chi connectivity index (χ3v) is 15.9. The van der Waals surface area contributed by atoms with E-state index in [2.05, 4.69) is 32.4 Å². The second-order valence-electron chi connectivity index (χ2n) is 19.8. The van der Waals surface area contributed by atoms with Crippen molar-refractivity contribution < 1.29 is 55.8 Å². The number of rotatable bonds is 6. The van der Waals surface area contributed by atoms with E-state index in [9.17, 15) is 46.3 Å². The molecule has 6 aliphatic rings. The van der Waals surface area contributed by atoms with E-state index in [1.165, 1.54) is 12.1 Å². The van der Waals surface area contributed by atoms with Crippen LogP contribution in [0.2, 0.25) is 0 Å². The van der Waals surface area contributed by atoms with Gasteiger partial charge in [-0.1, -0.05) is 58.9 Å².